The van der Waals surface area contributed by atoms with E-state index in [2.05, 4.69) is 4.98 Å². The van der Waals surface area contributed by atoms with Crippen LogP contribution in [0.15, 0.2) is 42.5 Å². The van der Waals surface area contributed by atoms with Crippen LogP contribution in [0.5, 0.6) is 11.6 Å². The quantitative estimate of drug-likeness (QED) is 0.439. The van der Waals surface area contributed by atoms with E-state index in [4.69, 9.17) is 19.9 Å². The molecule has 9 nitrogen and oxygen atoms in total. The van der Waals surface area contributed by atoms with Crippen LogP contribution >= 0.6 is 0 Å². The number of aromatic nitrogens is 1. The van der Waals surface area contributed by atoms with Crippen LogP contribution in [0.1, 0.15) is 26.7 Å². The lowest BCUT2D eigenvalue weighted by Gasteiger charge is -2.26. The van der Waals surface area contributed by atoms with Gasteiger partial charge in [0, 0.05) is 6.42 Å². The molecule has 0 saturated carbocycles. The Labute approximate surface area is 174 Å². The van der Waals surface area contributed by atoms with Crippen molar-refractivity contribution in [2.24, 2.45) is 0 Å². The molecule has 160 valence electrons. The summed E-state index contributed by atoms with van der Waals surface area (Å²) in [6.45, 7) is 3.68. The lowest BCUT2D eigenvalue weighted by molar-refractivity contribution is -0.146. The van der Waals surface area contributed by atoms with Gasteiger partial charge in [0.05, 0.1) is 18.9 Å². The van der Waals surface area contributed by atoms with E-state index < -0.39 is 18.0 Å². The number of nitrogens with two attached hydrogens (primary N) is 1. The van der Waals surface area contributed by atoms with Crippen LogP contribution in [0.3, 0.4) is 0 Å². The molecule has 0 aliphatic heterocycles. The fourth-order valence-electron chi connectivity index (χ4n) is 2.65. The smallest absolute Gasteiger partial charge is 0.329 e. The number of pyridine rings is 1. The summed E-state index contributed by atoms with van der Waals surface area (Å²) < 4.78 is 15.7. The van der Waals surface area contributed by atoms with Crippen LogP contribution in [-0.4, -0.2) is 42.6 Å². The van der Waals surface area contributed by atoms with Crippen molar-refractivity contribution in [3.63, 3.8) is 0 Å². The van der Waals surface area contributed by atoms with Gasteiger partial charge in [-0.1, -0.05) is 18.2 Å². The largest absolute Gasteiger partial charge is 0.466 e. The van der Waals surface area contributed by atoms with Gasteiger partial charge in [0.25, 0.3) is 0 Å². The standard InChI is InChI=1S/C21H25N3O6/c1-3-28-19(26)13-11-17(21(27)29-4-2)24(14-25)18-12-10-16(22)20(23-18)30-15-8-6-5-7-9-15/h5-10,12,14,17H,3-4,11,13,22H2,1-2H3/t17-/m0/s1. The number of amides is 1. The van der Waals surface area contributed by atoms with Crippen LogP contribution in [-0.2, 0) is 23.9 Å². The molecular formula is C21H25N3O6. The zero-order valence-electron chi connectivity index (χ0n) is 16.9. The summed E-state index contributed by atoms with van der Waals surface area (Å²) >= 11 is 0. The zero-order chi connectivity index (χ0) is 21.9. The summed E-state index contributed by atoms with van der Waals surface area (Å²) in [6.07, 6.45) is 0.402. The first kappa shape index (κ1) is 22.7. The van der Waals surface area contributed by atoms with Crippen molar-refractivity contribution in [1.29, 1.82) is 0 Å². The summed E-state index contributed by atoms with van der Waals surface area (Å²) in [5.74, 6) is -0.407. The van der Waals surface area contributed by atoms with Crippen molar-refractivity contribution in [2.75, 3.05) is 23.8 Å². The van der Waals surface area contributed by atoms with Crippen molar-refractivity contribution in [2.45, 2.75) is 32.7 Å². The Kier molecular flexibility index (Phi) is 8.61. The number of ether oxygens (including phenoxy) is 3. The van der Waals surface area contributed by atoms with E-state index in [1.807, 2.05) is 6.07 Å². The Morgan fingerprint density at radius 1 is 1.10 bits per heavy atom. The van der Waals surface area contributed by atoms with Gasteiger partial charge in [0.15, 0.2) is 0 Å². The Morgan fingerprint density at radius 3 is 2.43 bits per heavy atom. The molecule has 9 heteroatoms. The third-order valence-corrected chi connectivity index (χ3v) is 4.03. The highest BCUT2D eigenvalue weighted by Crippen LogP contribution is 2.29. The van der Waals surface area contributed by atoms with Gasteiger partial charge in [-0.25, -0.2) is 4.79 Å². The van der Waals surface area contributed by atoms with Crippen molar-refractivity contribution in [3.8, 4) is 11.6 Å². The molecule has 0 aliphatic carbocycles. The van der Waals surface area contributed by atoms with Gasteiger partial charge in [-0.3, -0.25) is 14.5 Å². The van der Waals surface area contributed by atoms with E-state index in [0.29, 0.717) is 12.2 Å². The van der Waals surface area contributed by atoms with Crippen LogP contribution in [0.25, 0.3) is 0 Å². The van der Waals surface area contributed by atoms with Crippen LogP contribution in [0, 0.1) is 0 Å². The van der Waals surface area contributed by atoms with Crippen molar-refractivity contribution >= 4 is 29.9 Å². The average molecular weight is 415 g/mol. The molecule has 1 aromatic heterocycles. The van der Waals surface area contributed by atoms with Gasteiger partial charge < -0.3 is 19.9 Å². The van der Waals surface area contributed by atoms with E-state index in [1.165, 1.54) is 12.1 Å². The minimum absolute atomic E-state index is 0.0112. The number of carbonyl (C=O) groups is 3. The highest BCUT2D eigenvalue weighted by molar-refractivity contribution is 5.89. The average Bonchev–Trinajstić information content (AvgIpc) is 2.74. The summed E-state index contributed by atoms with van der Waals surface area (Å²) in [4.78, 5) is 41.5. The van der Waals surface area contributed by atoms with Gasteiger partial charge in [0.2, 0.25) is 12.3 Å². The van der Waals surface area contributed by atoms with Crippen LogP contribution < -0.4 is 15.4 Å². The maximum absolute atomic E-state index is 12.5. The van der Waals surface area contributed by atoms with Crippen LogP contribution in [0.2, 0.25) is 0 Å². The number of anilines is 2. The second kappa shape index (κ2) is 11.4. The van der Waals surface area contributed by atoms with Crippen LogP contribution in [0.4, 0.5) is 11.5 Å². The fraction of sp³-hybridized carbons (Fsp3) is 0.333. The van der Waals surface area contributed by atoms with Crippen molar-refractivity contribution in [1.82, 2.24) is 4.98 Å². The minimum atomic E-state index is -1.06. The van der Waals surface area contributed by atoms with E-state index in [1.54, 1.807) is 38.1 Å². The molecule has 30 heavy (non-hydrogen) atoms. The number of carbonyl (C=O) groups excluding carboxylic acids is 3. The van der Waals surface area contributed by atoms with E-state index in [0.717, 1.165) is 4.90 Å². The second-order valence-electron chi connectivity index (χ2n) is 6.10. The van der Waals surface area contributed by atoms with E-state index in [9.17, 15) is 14.4 Å². The monoisotopic (exact) mass is 415 g/mol. The molecule has 2 rings (SSSR count). The molecule has 0 unspecified atom stereocenters. The summed E-state index contributed by atoms with van der Waals surface area (Å²) in [5.41, 5.74) is 6.20. The predicted molar refractivity (Wildman–Crippen MR) is 110 cm³/mol. The molecule has 0 fully saturated rings. The normalized spacial score (nSPS) is 11.3. The summed E-state index contributed by atoms with van der Waals surface area (Å²) in [5, 5.41) is 0. The molecule has 0 saturated heterocycles. The molecular weight excluding hydrogens is 390 g/mol. The summed E-state index contributed by atoms with van der Waals surface area (Å²) in [7, 11) is 0. The molecule has 1 atom stereocenters. The molecule has 0 spiro atoms. The predicted octanol–water partition coefficient (Wildman–Crippen LogP) is 2.69. The Balaban J connectivity index is 2.30. The number of nitrogens with zero attached hydrogens (tertiary/aromatic N) is 2. The maximum Gasteiger partial charge on any atom is 0.329 e. The van der Waals surface area contributed by atoms with Gasteiger partial charge in [-0.2, -0.15) is 4.98 Å². The number of rotatable bonds is 11. The Hall–Kier alpha value is -3.62. The maximum atomic E-state index is 12.5. The molecule has 0 radical (unpaired) electrons. The lowest BCUT2D eigenvalue weighted by Crippen LogP contribution is -2.42. The zero-order valence-corrected chi connectivity index (χ0v) is 16.9. The molecule has 0 aliphatic rings. The molecule has 1 aromatic carbocycles. The van der Waals surface area contributed by atoms with Gasteiger partial charge >= 0.3 is 11.9 Å². The number of esters is 2. The SMILES string of the molecule is CCOC(=O)CC[C@@H](C(=O)OCC)N(C=O)c1ccc(N)c(Oc2ccccc2)n1. The highest BCUT2D eigenvalue weighted by Gasteiger charge is 2.29. The topological polar surface area (TPSA) is 121 Å². The number of nitrogen functional groups attached to an aromatic ring is 1. The molecule has 2 N–H and O–H groups in total. The third-order valence-electron chi connectivity index (χ3n) is 4.03. The highest BCUT2D eigenvalue weighted by atomic mass is 16.5. The Bertz CT molecular complexity index is 859. The van der Waals surface area contributed by atoms with E-state index >= 15 is 0 Å². The molecule has 0 bridgehead atoms. The van der Waals surface area contributed by atoms with Gasteiger partial charge in [0.1, 0.15) is 17.6 Å². The summed E-state index contributed by atoms with van der Waals surface area (Å²) in [6, 6.07) is 10.8. The second-order valence-corrected chi connectivity index (χ2v) is 6.10. The lowest BCUT2D eigenvalue weighted by atomic mass is 10.1. The first-order chi connectivity index (χ1) is 14.5. The molecule has 1 heterocycles. The Morgan fingerprint density at radius 2 is 1.80 bits per heavy atom. The molecule has 2 aromatic rings. The van der Waals surface area contributed by atoms with Gasteiger partial charge in [-0.05, 0) is 44.5 Å². The first-order valence-electron chi connectivity index (χ1n) is 9.55. The van der Waals surface area contributed by atoms with Crippen molar-refractivity contribution in [3.05, 3.63) is 42.5 Å². The molecule has 1 amide bonds. The number of hydrogen-bond acceptors (Lipinski definition) is 8. The number of para-hydroxylation sites is 1. The van der Waals surface area contributed by atoms with Gasteiger partial charge in [-0.15, -0.1) is 0 Å². The first-order valence-corrected chi connectivity index (χ1v) is 9.55. The van der Waals surface area contributed by atoms with E-state index in [-0.39, 0.29) is 43.4 Å². The van der Waals surface area contributed by atoms with Crippen molar-refractivity contribution < 1.29 is 28.6 Å². The minimum Gasteiger partial charge on any atom is -0.466 e. The third kappa shape index (κ3) is 6.20. The fourth-order valence-corrected chi connectivity index (χ4v) is 2.65. The number of hydrogen-bond donors (Lipinski definition) is 1. The number of benzene rings is 1.